The summed E-state index contributed by atoms with van der Waals surface area (Å²) in [6.07, 6.45) is -4.22. The number of hydrogen-bond acceptors (Lipinski definition) is 3. The van der Waals surface area contributed by atoms with E-state index < -0.39 is 24.0 Å². The molecule has 2 aromatic rings. The summed E-state index contributed by atoms with van der Waals surface area (Å²) in [5.41, 5.74) is -0.224. The van der Waals surface area contributed by atoms with E-state index in [1.807, 2.05) is 0 Å². The van der Waals surface area contributed by atoms with Crippen LogP contribution in [0.2, 0.25) is 0 Å². The van der Waals surface area contributed by atoms with Gasteiger partial charge in [0.15, 0.2) is 0 Å². The lowest BCUT2D eigenvalue weighted by Gasteiger charge is -2.16. The van der Waals surface area contributed by atoms with Crippen molar-refractivity contribution in [1.29, 1.82) is 0 Å². The van der Waals surface area contributed by atoms with Crippen LogP contribution in [-0.4, -0.2) is 33.8 Å². The number of ether oxygens (including phenoxy) is 1. The molecular weight excluding hydrogens is 289 g/mol. The number of halogens is 3. The van der Waals surface area contributed by atoms with Crippen molar-refractivity contribution in [3.8, 4) is 0 Å². The van der Waals surface area contributed by atoms with Gasteiger partial charge in [-0.1, -0.05) is 6.07 Å². The molecule has 2 heterocycles. The van der Waals surface area contributed by atoms with Gasteiger partial charge in [-0.05, 0) is 18.6 Å². The van der Waals surface area contributed by atoms with Crippen LogP contribution in [-0.2, 0) is 10.9 Å². The van der Waals surface area contributed by atoms with E-state index in [-0.39, 0.29) is 23.2 Å². The number of carboxylic acids is 1. The molecule has 0 amide bonds. The highest BCUT2D eigenvalue weighted by Gasteiger charge is 2.40. The lowest BCUT2D eigenvalue weighted by atomic mass is 10.1. The topological polar surface area (TPSA) is 64.3 Å². The Labute approximate surface area is 117 Å². The Morgan fingerprint density at radius 3 is 2.76 bits per heavy atom. The van der Waals surface area contributed by atoms with Gasteiger partial charge in [-0.25, -0.2) is 9.78 Å². The van der Waals surface area contributed by atoms with Gasteiger partial charge < -0.3 is 14.4 Å². The normalized spacial score (nSPS) is 19.3. The van der Waals surface area contributed by atoms with Crippen molar-refractivity contribution in [3.63, 3.8) is 0 Å². The summed E-state index contributed by atoms with van der Waals surface area (Å²) >= 11 is 0. The second kappa shape index (κ2) is 4.73. The summed E-state index contributed by atoms with van der Waals surface area (Å²) in [5, 5.41) is 9.10. The Bertz CT molecular complexity index is 702. The van der Waals surface area contributed by atoms with Crippen LogP contribution in [0.25, 0.3) is 11.0 Å². The summed E-state index contributed by atoms with van der Waals surface area (Å²) in [4.78, 5) is 14.7. The summed E-state index contributed by atoms with van der Waals surface area (Å²) < 4.78 is 45.8. The van der Waals surface area contributed by atoms with E-state index in [1.54, 1.807) is 0 Å². The molecule has 1 saturated heterocycles. The molecule has 0 bridgehead atoms. The summed E-state index contributed by atoms with van der Waals surface area (Å²) in [5.74, 6) is -2.39. The van der Waals surface area contributed by atoms with E-state index in [2.05, 4.69) is 4.98 Å². The molecule has 1 aromatic heterocycles. The second-order valence-electron chi connectivity index (χ2n) is 4.80. The molecule has 1 aliphatic rings. The predicted octanol–water partition coefficient (Wildman–Crippen LogP) is 2.71. The zero-order valence-electron chi connectivity index (χ0n) is 10.7. The molecular formula is C13H11F3N2O3. The quantitative estimate of drug-likeness (QED) is 0.926. The van der Waals surface area contributed by atoms with Crippen molar-refractivity contribution < 1.29 is 27.8 Å². The zero-order valence-corrected chi connectivity index (χ0v) is 10.7. The minimum atomic E-state index is -4.66. The third-order valence-corrected chi connectivity index (χ3v) is 3.47. The summed E-state index contributed by atoms with van der Waals surface area (Å²) in [7, 11) is 0. The first kappa shape index (κ1) is 13.9. The maximum atomic E-state index is 13.2. The standard InChI is InChI=1S/C13H11F3N2O3/c14-13(15,16)12-17-10-8(11(19)20)2-1-3-9(10)18(12)7-4-5-21-6-7/h1-3,7H,4-6H2,(H,19,20). The SMILES string of the molecule is O=C(O)c1cccc2c1nc(C(F)(F)F)n2C1CCOC1. The molecule has 1 aliphatic heterocycles. The first-order valence-electron chi connectivity index (χ1n) is 6.29. The fourth-order valence-electron chi connectivity index (χ4n) is 2.58. The van der Waals surface area contributed by atoms with Crippen molar-refractivity contribution in [2.75, 3.05) is 13.2 Å². The summed E-state index contributed by atoms with van der Waals surface area (Å²) in [6, 6.07) is 3.62. The van der Waals surface area contributed by atoms with Crippen LogP contribution in [0.1, 0.15) is 28.6 Å². The number of carbonyl (C=O) groups is 1. The van der Waals surface area contributed by atoms with Gasteiger partial charge >= 0.3 is 12.1 Å². The van der Waals surface area contributed by atoms with Crippen LogP contribution < -0.4 is 0 Å². The van der Waals surface area contributed by atoms with E-state index in [0.717, 1.165) is 4.57 Å². The molecule has 1 aromatic carbocycles. The molecule has 8 heteroatoms. The first-order valence-corrected chi connectivity index (χ1v) is 6.29. The molecule has 1 atom stereocenters. The maximum absolute atomic E-state index is 13.2. The molecule has 112 valence electrons. The number of imidazole rings is 1. The third-order valence-electron chi connectivity index (χ3n) is 3.47. The number of rotatable bonds is 2. The predicted molar refractivity (Wildman–Crippen MR) is 66.2 cm³/mol. The maximum Gasteiger partial charge on any atom is 0.449 e. The van der Waals surface area contributed by atoms with Crippen molar-refractivity contribution in [2.24, 2.45) is 0 Å². The van der Waals surface area contributed by atoms with Crippen LogP contribution in [0, 0.1) is 0 Å². The lowest BCUT2D eigenvalue weighted by molar-refractivity contribution is -0.147. The molecule has 21 heavy (non-hydrogen) atoms. The highest BCUT2D eigenvalue weighted by molar-refractivity contribution is 6.01. The van der Waals surface area contributed by atoms with E-state index >= 15 is 0 Å². The van der Waals surface area contributed by atoms with Gasteiger partial charge in [-0.3, -0.25) is 0 Å². The van der Waals surface area contributed by atoms with Crippen LogP contribution in [0.4, 0.5) is 13.2 Å². The number of fused-ring (bicyclic) bond motifs is 1. The third kappa shape index (κ3) is 2.25. The molecule has 0 saturated carbocycles. The molecule has 0 spiro atoms. The van der Waals surface area contributed by atoms with Crippen molar-refractivity contribution >= 4 is 17.0 Å². The van der Waals surface area contributed by atoms with Gasteiger partial charge in [0.25, 0.3) is 0 Å². The first-order chi connectivity index (χ1) is 9.89. The van der Waals surface area contributed by atoms with E-state index in [9.17, 15) is 18.0 Å². The molecule has 0 aliphatic carbocycles. The number of para-hydroxylation sites is 1. The molecule has 1 N–H and O–H groups in total. The number of alkyl halides is 3. The van der Waals surface area contributed by atoms with Gasteiger partial charge in [-0.2, -0.15) is 13.2 Å². The number of nitrogens with zero attached hydrogens (tertiary/aromatic N) is 2. The van der Waals surface area contributed by atoms with Crippen molar-refractivity contribution in [2.45, 2.75) is 18.6 Å². The minimum Gasteiger partial charge on any atom is -0.478 e. The Morgan fingerprint density at radius 2 is 2.19 bits per heavy atom. The largest absolute Gasteiger partial charge is 0.478 e. The zero-order chi connectivity index (χ0) is 15.2. The van der Waals surface area contributed by atoms with Gasteiger partial charge in [-0.15, -0.1) is 0 Å². The highest BCUT2D eigenvalue weighted by Crippen LogP contribution is 2.36. The Morgan fingerprint density at radius 1 is 1.43 bits per heavy atom. The van der Waals surface area contributed by atoms with Crippen molar-refractivity contribution in [1.82, 2.24) is 9.55 Å². The van der Waals surface area contributed by atoms with Crippen LogP contribution in [0.5, 0.6) is 0 Å². The average molecular weight is 300 g/mol. The van der Waals surface area contributed by atoms with Crippen molar-refractivity contribution in [3.05, 3.63) is 29.6 Å². The number of carboxylic acid groups (broad SMARTS) is 1. The second-order valence-corrected chi connectivity index (χ2v) is 4.80. The molecule has 5 nitrogen and oxygen atoms in total. The fraction of sp³-hybridized carbons (Fsp3) is 0.385. The highest BCUT2D eigenvalue weighted by atomic mass is 19.4. The minimum absolute atomic E-state index is 0.149. The van der Waals surface area contributed by atoms with Crippen LogP contribution >= 0.6 is 0 Å². The van der Waals surface area contributed by atoms with Gasteiger partial charge in [0, 0.05) is 6.61 Å². The van der Waals surface area contributed by atoms with Gasteiger partial charge in [0.05, 0.1) is 23.7 Å². The van der Waals surface area contributed by atoms with E-state index in [1.165, 1.54) is 18.2 Å². The lowest BCUT2D eigenvalue weighted by Crippen LogP contribution is -2.19. The number of benzene rings is 1. The van der Waals surface area contributed by atoms with E-state index in [0.29, 0.717) is 13.0 Å². The Hall–Kier alpha value is -2.09. The molecule has 0 radical (unpaired) electrons. The number of aromatic nitrogens is 2. The summed E-state index contributed by atoms with van der Waals surface area (Å²) in [6.45, 7) is 0.534. The van der Waals surface area contributed by atoms with Crippen LogP contribution in [0.3, 0.4) is 0 Å². The monoisotopic (exact) mass is 300 g/mol. The van der Waals surface area contributed by atoms with Crippen LogP contribution in [0.15, 0.2) is 18.2 Å². The van der Waals surface area contributed by atoms with Gasteiger partial charge in [0.1, 0.15) is 5.52 Å². The Kier molecular flexibility index (Phi) is 3.12. The molecule has 3 rings (SSSR count). The van der Waals surface area contributed by atoms with Gasteiger partial charge in [0.2, 0.25) is 5.82 Å². The number of hydrogen-bond donors (Lipinski definition) is 1. The van der Waals surface area contributed by atoms with E-state index in [4.69, 9.17) is 9.84 Å². The molecule has 1 fully saturated rings. The average Bonchev–Trinajstić information content (AvgIpc) is 3.03. The fourth-order valence-corrected chi connectivity index (χ4v) is 2.58. The number of aromatic carboxylic acids is 1. The Balaban J connectivity index is 2.31. The smallest absolute Gasteiger partial charge is 0.449 e. The molecule has 1 unspecified atom stereocenters.